The lowest BCUT2D eigenvalue weighted by Crippen LogP contribution is -2.19. The van der Waals surface area contributed by atoms with Gasteiger partial charge in [-0.3, -0.25) is 4.98 Å². The number of rotatable bonds is 10. The third kappa shape index (κ3) is 6.45. The van der Waals surface area contributed by atoms with Crippen LogP contribution in [0.15, 0.2) is 67.0 Å². The van der Waals surface area contributed by atoms with Crippen molar-refractivity contribution in [2.45, 2.75) is 32.6 Å². The molecule has 184 valence electrons. The number of carbonyl (C=O) groups excluding carboxylic acids is 1. The van der Waals surface area contributed by atoms with Crippen molar-refractivity contribution < 1.29 is 32.5 Å². The Morgan fingerprint density at radius 2 is 2.00 bits per heavy atom. The summed E-state index contributed by atoms with van der Waals surface area (Å²) in [4.78, 5) is 18.5. The van der Waals surface area contributed by atoms with Gasteiger partial charge in [-0.2, -0.15) is 8.78 Å². The van der Waals surface area contributed by atoms with E-state index >= 15 is 0 Å². The van der Waals surface area contributed by atoms with Gasteiger partial charge in [0.25, 0.3) is 0 Å². The average molecular weight is 484 g/mol. The van der Waals surface area contributed by atoms with Crippen LogP contribution >= 0.6 is 0 Å². The quantitative estimate of drug-likeness (QED) is 0.359. The summed E-state index contributed by atoms with van der Waals surface area (Å²) in [6, 6.07) is 15.6. The topological polar surface area (TPSA) is 70.1 Å². The minimum Gasteiger partial charge on any atom is -0.484 e. The number of aromatic nitrogens is 1. The van der Waals surface area contributed by atoms with Gasteiger partial charge in [0, 0.05) is 42.8 Å². The second-order valence-electron chi connectivity index (χ2n) is 7.83. The SMILES string of the molecule is CCOC(=O)c1cccc(N(Cc2cccnc2)c2ccc(OC(F)F)c(OC3CCOC3)c2)c1. The lowest BCUT2D eigenvalue weighted by atomic mass is 10.1. The van der Waals surface area contributed by atoms with Crippen LogP contribution in [0.4, 0.5) is 20.2 Å². The molecule has 0 N–H and O–H groups in total. The number of nitrogens with zero attached hydrogens (tertiary/aromatic N) is 2. The fourth-order valence-electron chi connectivity index (χ4n) is 3.76. The second kappa shape index (κ2) is 11.6. The Labute approximate surface area is 202 Å². The van der Waals surface area contributed by atoms with Crippen LogP contribution in [0, 0.1) is 0 Å². The van der Waals surface area contributed by atoms with E-state index < -0.39 is 12.6 Å². The van der Waals surface area contributed by atoms with Crippen LogP contribution in [-0.4, -0.2) is 43.5 Å². The lowest BCUT2D eigenvalue weighted by molar-refractivity contribution is -0.0520. The molecule has 0 aliphatic carbocycles. The van der Waals surface area contributed by atoms with E-state index in [4.69, 9.17) is 18.9 Å². The van der Waals surface area contributed by atoms with Crippen molar-refractivity contribution in [3.05, 3.63) is 78.1 Å². The van der Waals surface area contributed by atoms with Gasteiger partial charge in [0.1, 0.15) is 6.10 Å². The van der Waals surface area contributed by atoms with Crippen molar-refractivity contribution in [3.8, 4) is 11.5 Å². The minimum atomic E-state index is -2.99. The molecule has 0 bridgehead atoms. The number of halogens is 2. The molecule has 0 amide bonds. The van der Waals surface area contributed by atoms with Crippen molar-refractivity contribution in [1.82, 2.24) is 4.98 Å². The fourth-order valence-corrected chi connectivity index (χ4v) is 3.76. The molecule has 2 heterocycles. The van der Waals surface area contributed by atoms with Gasteiger partial charge in [0.15, 0.2) is 11.5 Å². The van der Waals surface area contributed by atoms with E-state index in [-0.39, 0.29) is 24.2 Å². The third-order valence-electron chi connectivity index (χ3n) is 5.37. The highest BCUT2D eigenvalue weighted by Crippen LogP contribution is 2.38. The highest BCUT2D eigenvalue weighted by molar-refractivity contribution is 5.91. The average Bonchev–Trinajstić information content (AvgIpc) is 3.37. The number of pyridine rings is 1. The first-order valence-corrected chi connectivity index (χ1v) is 11.3. The Bertz CT molecular complexity index is 1120. The second-order valence-corrected chi connectivity index (χ2v) is 7.83. The van der Waals surface area contributed by atoms with Crippen molar-refractivity contribution in [1.29, 1.82) is 0 Å². The molecule has 1 fully saturated rings. The molecule has 1 aliphatic heterocycles. The smallest absolute Gasteiger partial charge is 0.387 e. The number of benzene rings is 2. The minimum absolute atomic E-state index is 0.0581. The van der Waals surface area contributed by atoms with Crippen LogP contribution in [0.25, 0.3) is 0 Å². The summed E-state index contributed by atoms with van der Waals surface area (Å²) < 4.78 is 47.3. The Morgan fingerprint density at radius 1 is 1.14 bits per heavy atom. The number of anilines is 2. The van der Waals surface area contributed by atoms with Crippen molar-refractivity contribution in [2.24, 2.45) is 0 Å². The molecule has 0 spiro atoms. The van der Waals surface area contributed by atoms with Gasteiger partial charge in [-0.05, 0) is 48.9 Å². The van der Waals surface area contributed by atoms with E-state index in [1.165, 1.54) is 6.07 Å². The summed E-state index contributed by atoms with van der Waals surface area (Å²) in [6.45, 7) is 0.343. The molecule has 1 saturated heterocycles. The molecule has 1 aromatic heterocycles. The highest BCUT2D eigenvalue weighted by Gasteiger charge is 2.22. The molecule has 1 unspecified atom stereocenters. The standard InChI is InChI=1S/C26H26F2N2O5/c1-2-33-25(31)19-6-3-7-20(13-19)30(16-18-5-4-11-29-15-18)21-8-9-23(35-26(27)28)24(14-21)34-22-10-12-32-17-22/h3-9,11,13-15,22,26H,2,10,12,16-17H2,1H3. The Balaban J connectivity index is 1.73. The zero-order valence-corrected chi connectivity index (χ0v) is 19.2. The highest BCUT2D eigenvalue weighted by atomic mass is 19.3. The Kier molecular flexibility index (Phi) is 8.10. The van der Waals surface area contributed by atoms with Crippen molar-refractivity contribution in [3.63, 3.8) is 0 Å². The molecule has 3 aromatic rings. The molecule has 0 saturated carbocycles. The molecule has 7 nitrogen and oxygen atoms in total. The van der Waals surface area contributed by atoms with Crippen LogP contribution in [0.5, 0.6) is 11.5 Å². The van der Waals surface area contributed by atoms with E-state index in [1.54, 1.807) is 49.6 Å². The molecule has 35 heavy (non-hydrogen) atoms. The summed E-state index contributed by atoms with van der Waals surface area (Å²) in [5.41, 5.74) is 2.67. The maximum absolute atomic E-state index is 13.0. The Morgan fingerprint density at radius 3 is 2.71 bits per heavy atom. The summed E-state index contributed by atoms with van der Waals surface area (Å²) in [7, 11) is 0. The van der Waals surface area contributed by atoms with Gasteiger partial charge in [0.2, 0.25) is 0 Å². The first-order valence-electron chi connectivity index (χ1n) is 11.3. The summed E-state index contributed by atoms with van der Waals surface area (Å²) in [5, 5.41) is 0. The Hall–Kier alpha value is -3.72. The number of esters is 1. The van der Waals surface area contributed by atoms with E-state index in [0.717, 1.165) is 5.56 Å². The monoisotopic (exact) mass is 484 g/mol. The number of hydrogen-bond acceptors (Lipinski definition) is 7. The van der Waals surface area contributed by atoms with Crippen LogP contribution in [-0.2, 0) is 16.0 Å². The van der Waals surface area contributed by atoms with Crippen LogP contribution in [0.1, 0.15) is 29.3 Å². The van der Waals surface area contributed by atoms with Gasteiger partial charge in [-0.25, -0.2) is 4.79 Å². The summed E-state index contributed by atoms with van der Waals surface area (Å²) in [5.74, 6) is -0.296. The van der Waals surface area contributed by atoms with Gasteiger partial charge < -0.3 is 23.8 Å². The van der Waals surface area contributed by atoms with Crippen molar-refractivity contribution >= 4 is 17.3 Å². The van der Waals surface area contributed by atoms with Crippen LogP contribution in [0.3, 0.4) is 0 Å². The van der Waals surface area contributed by atoms with Crippen LogP contribution < -0.4 is 14.4 Å². The van der Waals surface area contributed by atoms with Gasteiger partial charge in [-0.1, -0.05) is 12.1 Å². The zero-order chi connectivity index (χ0) is 24.6. The largest absolute Gasteiger partial charge is 0.484 e. The summed E-state index contributed by atoms with van der Waals surface area (Å²) >= 11 is 0. The summed E-state index contributed by atoms with van der Waals surface area (Å²) in [6.07, 6.45) is 3.81. The number of ether oxygens (including phenoxy) is 4. The molecule has 4 rings (SSSR count). The van der Waals surface area contributed by atoms with Crippen LogP contribution in [0.2, 0.25) is 0 Å². The van der Waals surface area contributed by atoms with E-state index in [2.05, 4.69) is 4.98 Å². The predicted molar refractivity (Wildman–Crippen MR) is 125 cm³/mol. The number of hydrogen-bond donors (Lipinski definition) is 0. The third-order valence-corrected chi connectivity index (χ3v) is 5.37. The maximum Gasteiger partial charge on any atom is 0.387 e. The first-order chi connectivity index (χ1) is 17.0. The first kappa shape index (κ1) is 24.4. The normalized spacial score (nSPS) is 15.1. The van der Waals surface area contributed by atoms with E-state index in [0.29, 0.717) is 43.1 Å². The predicted octanol–water partition coefficient (Wildman–Crippen LogP) is 5.37. The van der Waals surface area contributed by atoms with Gasteiger partial charge in [0.05, 0.1) is 25.4 Å². The van der Waals surface area contributed by atoms with E-state index in [9.17, 15) is 13.6 Å². The fraction of sp³-hybridized carbons (Fsp3) is 0.308. The molecule has 2 aromatic carbocycles. The van der Waals surface area contributed by atoms with E-state index in [1.807, 2.05) is 23.1 Å². The maximum atomic E-state index is 13.0. The van der Waals surface area contributed by atoms with Gasteiger partial charge >= 0.3 is 12.6 Å². The molecule has 1 atom stereocenters. The molecule has 0 radical (unpaired) electrons. The lowest BCUT2D eigenvalue weighted by Gasteiger charge is -2.27. The van der Waals surface area contributed by atoms with Gasteiger partial charge in [-0.15, -0.1) is 0 Å². The molecular formula is C26H26F2N2O5. The number of alkyl halides is 2. The molecule has 1 aliphatic rings. The molecule has 9 heteroatoms. The number of carbonyl (C=O) groups is 1. The van der Waals surface area contributed by atoms with Crippen molar-refractivity contribution in [2.75, 3.05) is 24.7 Å². The molecular weight excluding hydrogens is 458 g/mol. The zero-order valence-electron chi connectivity index (χ0n) is 19.2.